The second-order valence-corrected chi connectivity index (χ2v) is 8.09. The molecule has 2 fully saturated rings. The number of nitrogens with zero attached hydrogens (tertiary/aromatic N) is 2. The fourth-order valence-electron chi connectivity index (χ4n) is 3.73. The van der Waals surface area contributed by atoms with Crippen LogP contribution in [-0.2, 0) is 9.53 Å². The smallest absolute Gasteiger partial charge is 0.410 e. The first kappa shape index (κ1) is 18.7. The first-order chi connectivity index (χ1) is 13.4. The Bertz CT molecular complexity index is 958. The summed E-state index contributed by atoms with van der Waals surface area (Å²) in [5.74, 6) is 0.304. The van der Waals surface area contributed by atoms with E-state index in [4.69, 9.17) is 9.15 Å². The number of amides is 3. The van der Waals surface area contributed by atoms with Crippen LogP contribution in [0, 0.1) is 0 Å². The lowest BCUT2D eigenvalue weighted by molar-refractivity contribution is -0.113. The maximum Gasteiger partial charge on any atom is 0.410 e. The minimum atomic E-state index is -0.623. The van der Waals surface area contributed by atoms with Gasteiger partial charge in [0.25, 0.3) is 5.91 Å². The number of likely N-dealkylation sites (N-methyl/N-ethyl adjacent to an activating group) is 1. The summed E-state index contributed by atoms with van der Waals surface area (Å²) in [5.41, 5.74) is 0.613. The van der Waals surface area contributed by atoms with Gasteiger partial charge in [-0.3, -0.25) is 9.59 Å². The Hall–Kier alpha value is -2.68. The van der Waals surface area contributed by atoms with Crippen LogP contribution in [-0.4, -0.2) is 72.0 Å². The Balaban J connectivity index is 1.49. The average Bonchev–Trinajstić information content (AvgIpc) is 3.32. The van der Waals surface area contributed by atoms with E-state index in [9.17, 15) is 14.4 Å². The van der Waals surface area contributed by atoms with E-state index in [0.29, 0.717) is 43.1 Å². The Morgan fingerprint density at radius 2 is 2.11 bits per heavy atom. The van der Waals surface area contributed by atoms with Gasteiger partial charge < -0.3 is 24.3 Å². The van der Waals surface area contributed by atoms with E-state index in [1.807, 2.05) is 6.26 Å². The van der Waals surface area contributed by atoms with Gasteiger partial charge in [-0.1, -0.05) is 0 Å². The van der Waals surface area contributed by atoms with Crippen molar-refractivity contribution in [2.75, 3.05) is 44.0 Å². The second kappa shape index (κ2) is 7.05. The third-order valence-corrected chi connectivity index (χ3v) is 5.58. The first-order valence-electron chi connectivity index (χ1n) is 8.95. The van der Waals surface area contributed by atoms with Crippen molar-refractivity contribution in [1.82, 2.24) is 9.80 Å². The molecule has 1 atom stereocenters. The van der Waals surface area contributed by atoms with Gasteiger partial charge in [-0.25, -0.2) is 4.79 Å². The summed E-state index contributed by atoms with van der Waals surface area (Å²) in [7, 11) is 1.69. The van der Waals surface area contributed by atoms with E-state index in [-0.39, 0.29) is 23.7 Å². The van der Waals surface area contributed by atoms with Crippen molar-refractivity contribution in [3.63, 3.8) is 0 Å². The van der Waals surface area contributed by atoms with Gasteiger partial charge in [0.15, 0.2) is 11.4 Å². The third-order valence-electron chi connectivity index (χ3n) is 5.03. The predicted molar refractivity (Wildman–Crippen MR) is 106 cm³/mol. The molecule has 3 amide bonds. The van der Waals surface area contributed by atoms with Crippen LogP contribution >= 0.6 is 11.8 Å². The van der Waals surface area contributed by atoms with E-state index in [0.717, 1.165) is 5.39 Å². The van der Waals surface area contributed by atoms with Crippen LogP contribution in [0.5, 0.6) is 0 Å². The van der Waals surface area contributed by atoms with Crippen LogP contribution in [0.25, 0.3) is 11.0 Å². The molecule has 1 unspecified atom stereocenters. The highest BCUT2D eigenvalue weighted by Gasteiger charge is 2.49. The van der Waals surface area contributed by atoms with Gasteiger partial charge >= 0.3 is 6.09 Å². The van der Waals surface area contributed by atoms with Gasteiger partial charge in [-0.2, -0.15) is 11.8 Å². The number of hydrogen-bond acceptors (Lipinski definition) is 6. The summed E-state index contributed by atoms with van der Waals surface area (Å²) in [4.78, 5) is 39.5. The van der Waals surface area contributed by atoms with E-state index in [1.54, 1.807) is 36.2 Å². The van der Waals surface area contributed by atoms with E-state index in [2.05, 4.69) is 5.32 Å². The Morgan fingerprint density at radius 3 is 2.82 bits per heavy atom. The van der Waals surface area contributed by atoms with Crippen molar-refractivity contribution >= 4 is 46.3 Å². The topological polar surface area (TPSA) is 92.1 Å². The maximum absolute atomic E-state index is 12.9. The molecule has 148 valence electrons. The Morgan fingerprint density at radius 1 is 1.29 bits per heavy atom. The van der Waals surface area contributed by atoms with Crippen LogP contribution < -0.4 is 5.32 Å². The first-order valence-corrected chi connectivity index (χ1v) is 10.3. The van der Waals surface area contributed by atoms with Crippen LogP contribution in [0.1, 0.15) is 17.0 Å². The molecule has 2 aliphatic heterocycles. The molecule has 1 aromatic heterocycles. The number of likely N-dealkylation sites (tertiary alicyclic amines) is 1. The molecule has 1 aromatic carbocycles. The quantitative estimate of drug-likeness (QED) is 0.843. The van der Waals surface area contributed by atoms with Crippen molar-refractivity contribution in [3.8, 4) is 0 Å². The molecule has 3 heterocycles. The van der Waals surface area contributed by atoms with Crippen LogP contribution in [0.2, 0.25) is 0 Å². The van der Waals surface area contributed by atoms with Crippen LogP contribution in [0.3, 0.4) is 0 Å². The van der Waals surface area contributed by atoms with Gasteiger partial charge in [-0.05, 0) is 30.5 Å². The number of benzene rings is 1. The second-order valence-electron chi connectivity index (χ2n) is 7.23. The van der Waals surface area contributed by atoms with Gasteiger partial charge in [0, 0.05) is 31.1 Å². The number of anilines is 1. The number of carbonyl (C=O) groups excluding carboxylic acids is 3. The molecule has 0 radical (unpaired) electrons. The SMILES string of the molecule is CSCC(=O)Nc1ccc2oc(C(=O)N3CCC4(CN(C)C(=O)O4)C3)cc2c1. The summed E-state index contributed by atoms with van der Waals surface area (Å²) in [6, 6.07) is 6.95. The van der Waals surface area contributed by atoms with Gasteiger partial charge in [0.1, 0.15) is 5.58 Å². The van der Waals surface area contributed by atoms with Crippen molar-refractivity contribution in [2.24, 2.45) is 0 Å². The molecule has 2 saturated heterocycles. The number of hydrogen-bond donors (Lipinski definition) is 1. The molecule has 8 nitrogen and oxygen atoms in total. The highest BCUT2D eigenvalue weighted by atomic mass is 32.2. The van der Waals surface area contributed by atoms with Crippen LogP contribution in [0.15, 0.2) is 28.7 Å². The standard InChI is InChI=1S/C19H21N3O5S/c1-21-10-19(27-18(21)25)5-6-22(11-19)17(24)15-8-12-7-13(3-4-14(12)26-15)20-16(23)9-28-2/h3-4,7-8H,5-6,9-11H2,1-2H3,(H,20,23). The highest BCUT2D eigenvalue weighted by Crippen LogP contribution is 2.33. The normalized spacial score (nSPS) is 21.6. The summed E-state index contributed by atoms with van der Waals surface area (Å²) < 4.78 is 11.2. The summed E-state index contributed by atoms with van der Waals surface area (Å²) in [5, 5.41) is 3.56. The van der Waals surface area contributed by atoms with Crippen molar-refractivity contribution < 1.29 is 23.5 Å². The Labute approximate surface area is 166 Å². The maximum atomic E-state index is 12.9. The molecule has 2 aliphatic rings. The molecule has 0 saturated carbocycles. The molecule has 1 spiro atoms. The number of thioether (sulfide) groups is 1. The molecule has 1 N–H and O–H groups in total. The number of fused-ring (bicyclic) bond motifs is 1. The summed E-state index contributed by atoms with van der Waals surface area (Å²) in [6.45, 7) is 1.34. The molecule has 0 aliphatic carbocycles. The van der Waals surface area contributed by atoms with Crippen LogP contribution in [0.4, 0.5) is 10.5 Å². The molecule has 28 heavy (non-hydrogen) atoms. The number of furan rings is 1. The lowest BCUT2D eigenvalue weighted by Gasteiger charge is -2.21. The van der Waals surface area contributed by atoms with Crippen molar-refractivity contribution in [2.45, 2.75) is 12.0 Å². The number of rotatable bonds is 4. The van der Waals surface area contributed by atoms with Gasteiger partial charge in [0.05, 0.1) is 18.8 Å². The molecule has 4 rings (SSSR count). The van der Waals surface area contributed by atoms with Crippen molar-refractivity contribution in [3.05, 3.63) is 30.0 Å². The van der Waals surface area contributed by atoms with E-state index < -0.39 is 5.60 Å². The average molecular weight is 403 g/mol. The number of nitrogens with one attached hydrogen (secondary N) is 1. The minimum absolute atomic E-state index is 0.0786. The lowest BCUT2D eigenvalue weighted by Crippen LogP contribution is -2.39. The summed E-state index contributed by atoms with van der Waals surface area (Å²) in [6.07, 6.45) is 2.12. The predicted octanol–water partition coefficient (Wildman–Crippen LogP) is 2.40. The molecule has 2 aromatic rings. The van der Waals surface area contributed by atoms with E-state index >= 15 is 0 Å². The Kier molecular flexibility index (Phi) is 4.70. The lowest BCUT2D eigenvalue weighted by atomic mass is 10.0. The third kappa shape index (κ3) is 3.42. The zero-order chi connectivity index (χ0) is 19.9. The molecular weight excluding hydrogens is 382 g/mol. The monoisotopic (exact) mass is 403 g/mol. The highest BCUT2D eigenvalue weighted by molar-refractivity contribution is 7.99. The van der Waals surface area contributed by atoms with E-state index in [1.165, 1.54) is 16.7 Å². The minimum Gasteiger partial charge on any atom is -0.451 e. The molecule has 9 heteroatoms. The molecular formula is C19H21N3O5S. The fourth-order valence-corrected chi connectivity index (χ4v) is 4.07. The number of ether oxygens (including phenoxy) is 1. The fraction of sp³-hybridized carbons (Fsp3) is 0.421. The van der Waals surface area contributed by atoms with Gasteiger partial charge in [0.2, 0.25) is 5.91 Å². The zero-order valence-corrected chi connectivity index (χ0v) is 16.5. The summed E-state index contributed by atoms with van der Waals surface area (Å²) >= 11 is 1.45. The number of carbonyl (C=O) groups is 3. The zero-order valence-electron chi connectivity index (χ0n) is 15.7. The largest absolute Gasteiger partial charge is 0.451 e. The van der Waals surface area contributed by atoms with Gasteiger partial charge in [-0.15, -0.1) is 0 Å². The van der Waals surface area contributed by atoms with Crippen molar-refractivity contribution in [1.29, 1.82) is 0 Å². The molecule has 0 bridgehead atoms.